The zero-order valence-electron chi connectivity index (χ0n) is 9.42. The van der Waals surface area contributed by atoms with Gasteiger partial charge in [-0.2, -0.15) is 0 Å². The molecule has 1 aliphatic heterocycles. The van der Waals surface area contributed by atoms with Gasteiger partial charge in [0, 0.05) is 13.0 Å². The lowest BCUT2D eigenvalue weighted by atomic mass is 9.88. The Morgan fingerprint density at radius 3 is 2.76 bits per heavy atom. The van der Waals surface area contributed by atoms with Gasteiger partial charge >= 0.3 is 0 Å². The minimum atomic E-state index is -0.806. The molecule has 5 heteroatoms. The van der Waals surface area contributed by atoms with Crippen molar-refractivity contribution in [2.24, 2.45) is 5.41 Å². The number of halogens is 1. The second kappa shape index (κ2) is 4.16. The van der Waals surface area contributed by atoms with Gasteiger partial charge in [-0.1, -0.05) is 12.1 Å². The number of nitrogens with one attached hydrogen (secondary N) is 2. The fourth-order valence-corrected chi connectivity index (χ4v) is 1.77. The van der Waals surface area contributed by atoms with E-state index in [1.165, 1.54) is 12.1 Å². The lowest BCUT2D eigenvalue weighted by molar-refractivity contribution is -0.126. The number of anilines is 1. The van der Waals surface area contributed by atoms with Crippen molar-refractivity contribution < 1.29 is 14.0 Å². The first-order chi connectivity index (χ1) is 8.01. The van der Waals surface area contributed by atoms with Gasteiger partial charge < -0.3 is 10.6 Å². The van der Waals surface area contributed by atoms with Gasteiger partial charge in [-0.25, -0.2) is 4.39 Å². The molecular weight excluding hydrogens is 223 g/mol. The van der Waals surface area contributed by atoms with Crippen LogP contribution in [0.15, 0.2) is 24.3 Å². The molecule has 0 spiro atoms. The van der Waals surface area contributed by atoms with E-state index in [2.05, 4.69) is 10.6 Å². The predicted molar refractivity (Wildman–Crippen MR) is 60.8 cm³/mol. The molecule has 4 nitrogen and oxygen atoms in total. The van der Waals surface area contributed by atoms with E-state index >= 15 is 0 Å². The number of amides is 2. The quantitative estimate of drug-likeness (QED) is 0.813. The third kappa shape index (κ3) is 2.27. The first kappa shape index (κ1) is 11.6. The van der Waals surface area contributed by atoms with Crippen molar-refractivity contribution in [3.63, 3.8) is 0 Å². The second-order valence-corrected chi connectivity index (χ2v) is 4.45. The van der Waals surface area contributed by atoms with Crippen molar-refractivity contribution in [3.8, 4) is 0 Å². The van der Waals surface area contributed by atoms with Crippen LogP contribution in [0, 0.1) is 11.2 Å². The van der Waals surface area contributed by atoms with Crippen LogP contribution in [0.1, 0.15) is 13.3 Å². The highest BCUT2D eigenvalue weighted by atomic mass is 19.1. The third-order valence-corrected chi connectivity index (χ3v) is 2.90. The van der Waals surface area contributed by atoms with Crippen molar-refractivity contribution in [3.05, 3.63) is 30.1 Å². The van der Waals surface area contributed by atoms with Crippen LogP contribution in [0.4, 0.5) is 10.1 Å². The van der Waals surface area contributed by atoms with Gasteiger partial charge in [0.2, 0.25) is 11.8 Å². The minimum Gasteiger partial charge on any atom is -0.355 e. The number of hydrogen-bond acceptors (Lipinski definition) is 2. The summed E-state index contributed by atoms with van der Waals surface area (Å²) in [5.74, 6) is -0.987. The first-order valence-corrected chi connectivity index (χ1v) is 5.34. The van der Waals surface area contributed by atoms with Crippen LogP contribution in [-0.4, -0.2) is 18.4 Å². The Morgan fingerprint density at radius 1 is 1.47 bits per heavy atom. The maximum Gasteiger partial charge on any atom is 0.232 e. The molecule has 2 rings (SSSR count). The number of carbonyl (C=O) groups is 2. The Balaban J connectivity index is 2.12. The molecule has 0 saturated carbocycles. The summed E-state index contributed by atoms with van der Waals surface area (Å²) in [4.78, 5) is 23.1. The molecular formula is C12H13FN2O2. The largest absolute Gasteiger partial charge is 0.355 e. The standard InChI is InChI=1S/C12H13FN2O2/c1-12(6-10(16)14-7-12)11(17)15-9-5-3-2-4-8(9)13/h2-5H,6-7H2,1H3,(H,14,16)(H,15,17). The van der Waals surface area contributed by atoms with Crippen LogP contribution in [0.3, 0.4) is 0 Å². The lowest BCUT2D eigenvalue weighted by Crippen LogP contribution is -2.35. The van der Waals surface area contributed by atoms with Crippen LogP contribution < -0.4 is 10.6 Å². The van der Waals surface area contributed by atoms with Gasteiger partial charge in [-0.15, -0.1) is 0 Å². The summed E-state index contributed by atoms with van der Waals surface area (Å²) < 4.78 is 13.3. The Bertz CT molecular complexity index is 475. The molecule has 2 N–H and O–H groups in total. The molecule has 1 aliphatic rings. The molecule has 0 aromatic heterocycles. The molecule has 90 valence electrons. The molecule has 1 fully saturated rings. The zero-order valence-corrected chi connectivity index (χ0v) is 9.42. The average Bonchev–Trinajstić information content (AvgIpc) is 2.63. The van der Waals surface area contributed by atoms with E-state index in [4.69, 9.17) is 0 Å². The van der Waals surface area contributed by atoms with Crippen LogP contribution in [-0.2, 0) is 9.59 Å². The molecule has 1 aromatic rings. The molecule has 0 radical (unpaired) electrons. The lowest BCUT2D eigenvalue weighted by Gasteiger charge is -2.20. The van der Waals surface area contributed by atoms with Crippen molar-refractivity contribution in [2.45, 2.75) is 13.3 Å². The van der Waals surface area contributed by atoms with Crippen molar-refractivity contribution in [1.29, 1.82) is 0 Å². The third-order valence-electron chi connectivity index (χ3n) is 2.90. The van der Waals surface area contributed by atoms with Gasteiger partial charge in [0.05, 0.1) is 11.1 Å². The van der Waals surface area contributed by atoms with Gasteiger partial charge in [0.15, 0.2) is 0 Å². The predicted octanol–water partition coefficient (Wildman–Crippen LogP) is 1.29. The molecule has 1 aromatic carbocycles. The van der Waals surface area contributed by atoms with E-state index in [-0.39, 0.29) is 30.5 Å². The summed E-state index contributed by atoms with van der Waals surface area (Å²) in [6, 6.07) is 5.95. The maximum absolute atomic E-state index is 13.3. The van der Waals surface area contributed by atoms with Gasteiger partial charge in [0.1, 0.15) is 5.82 Å². The first-order valence-electron chi connectivity index (χ1n) is 5.34. The summed E-state index contributed by atoms with van der Waals surface area (Å²) >= 11 is 0. The smallest absolute Gasteiger partial charge is 0.232 e. The average molecular weight is 236 g/mol. The zero-order chi connectivity index (χ0) is 12.5. The molecule has 0 aliphatic carbocycles. The fourth-order valence-electron chi connectivity index (χ4n) is 1.77. The monoisotopic (exact) mass is 236 g/mol. The molecule has 2 amide bonds. The van der Waals surface area contributed by atoms with E-state index in [0.29, 0.717) is 0 Å². The van der Waals surface area contributed by atoms with Gasteiger partial charge in [-0.3, -0.25) is 9.59 Å². The summed E-state index contributed by atoms with van der Waals surface area (Å²) in [5, 5.41) is 5.10. The Kier molecular flexibility index (Phi) is 2.83. The van der Waals surface area contributed by atoms with Gasteiger partial charge in [0.25, 0.3) is 0 Å². The van der Waals surface area contributed by atoms with E-state index in [1.54, 1.807) is 19.1 Å². The highest BCUT2D eigenvalue weighted by molar-refractivity contribution is 5.99. The molecule has 0 bridgehead atoms. The molecule has 1 saturated heterocycles. The minimum absolute atomic E-state index is 0.132. The Hall–Kier alpha value is -1.91. The van der Waals surface area contributed by atoms with Gasteiger partial charge in [-0.05, 0) is 19.1 Å². The number of para-hydroxylation sites is 1. The number of carbonyl (C=O) groups excluding carboxylic acids is 2. The van der Waals surface area contributed by atoms with Crippen LogP contribution in [0.5, 0.6) is 0 Å². The Labute approximate surface area is 98.2 Å². The fraction of sp³-hybridized carbons (Fsp3) is 0.333. The molecule has 1 atom stereocenters. The van der Waals surface area contributed by atoms with Crippen molar-refractivity contribution in [2.75, 3.05) is 11.9 Å². The molecule has 1 unspecified atom stereocenters. The van der Waals surface area contributed by atoms with Crippen LogP contribution >= 0.6 is 0 Å². The number of hydrogen-bond donors (Lipinski definition) is 2. The molecule has 1 heterocycles. The Morgan fingerprint density at radius 2 is 2.18 bits per heavy atom. The van der Waals surface area contributed by atoms with Crippen molar-refractivity contribution >= 4 is 17.5 Å². The number of benzene rings is 1. The summed E-state index contributed by atoms with van der Waals surface area (Å²) in [7, 11) is 0. The van der Waals surface area contributed by atoms with E-state index in [9.17, 15) is 14.0 Å². The summed E-state index contributed by atoms with van der Waals surface area (Å²) in [6.07, 6.45) is 0.132. The van der Waals surface area contributed by atoms with E-state index < -0.39 is 11.2 Å². The summed E-state index contributed by atoms with van der Waals surface area (Å²) in [6.45, 7) is 1.97. The SMILES string of the molecule is CC1(C(=O)Nc2ccccc2F)CNC(=O)C1. The normalized spacial score (nSPS) is 23.3. The van der Waals surface area contributed by atoms with Crippen molar-refractivity contribution in [1.82, 2.24) is 5.32 Å². The van der Waals surface area contributed by atoms with Crippen LogP contribution in [0.2, 0.25) is 0 Å². The van der Waals surface area contributed by atoms with E-state index in [0.717, 1.165) is 0 Å². The van der Waals surface area contributed by atoms with Crippen LogP contribution in [0.25, 0.3) is 0 Å². The number of rotatable bonds is 2. The van der Waals surface area contributed by atoms with E-state index in [1.807, 2.05) is 0 Å². The highest BCUT2D eigenvalue weighted by Gasteiger charge is 2.40. The maximum atomic E-state index is 13.3. The molecule has 17 heavy (non-hydrogen) atoms. The highest BCUT2D eigenvalue weighted by Crippen LogP contribution is 2.27. The second-order valence-electron chi connectivity index (χ2n) is 4.45. The topological polar surface area (TPSA) is 58.2 Å². The summed E-state index contributed by atoms with van der Waals surface area (Å²) in [5.41, 5.74) is -0.669.